The second-order valence-corrected chi connectivity index (χ2v) is 6.78. The lowest BCUT2D eigenvalue weighted by Gasteiger charge is -2.15. The van der Waals surface area contributed by atoms with E-state index < -0.39 is 0 Å². The fraction of sp³-hybridized carbons (Fsp3) is 0.0588. The number of aromatic nitrogens is 1. The average molecular weight is 451 g/mol. The van der Waals surface area contributed by atoms with E-state index in [0.717, 1.165) is 14.3 Å². The number of halogens is 2. The Morgan fingerprint density at radius 2 is 2.00 bits per heavy atom. The summed E-state index contributed by atoms with van der Waals surface area (Å²) in [6.45, 7) is 1.43. The Morgan fingerprint density at radius 1 is 1.21 bits per heavy atom. The molecule has 0 atom stereocenters. The Balaban J connectivity index is 2.10. The summed E-state index contributed by atoms with van der Waals surface area (Å²) < 4.78 is 7.67. The van der Waals surface area contributed by atoms with Gasteiger partial charge in [0.2, 0.25) is 5.91 Å². The Labute approximate surface area is 155 Å². The van der Waals surface area contributed by atoms with Gasteiger partial charge < -0.3 is 15.8 Å². The maximum Gasteiger partial charge on any atom is 0.221 e. The lowest BCUT2D eigenvalue weighted by Crippen LogP contribution is -2.08. The van der Waals surface area contributed by atoms with Gasteiger partial charge in [-0.25, -0.2) is 0 Å². The van der Waals surface area contributed by atoms with Crippen molar-refractivity contribution in [1.82, 2.24) is 4.98 Å². The predicted octanol–water partition coefficient (Wildman–Crippen LogP) is 5.09. The van der Waals surface area contributed by atoms with Crippen LogP contribution < -0.4 is 15.8 Å². The molecule has 0 aliphatic carbocycles. The van der Waals surface area contributed by atoms with Gasteiger partial charge in [0.05, 0.1) is 15.8 Å². The smallest absolute Gasteiger partial charge is 0.221 e. The largest absolute Gasteiger partial charge is 0.452 e. The molecule has 3 rings (SSSR count). The van der Waals surface area contributed by atoms with Crippen molar-refractivity contribution >= 4 is 60.0 Å². The SMILES string of the molecule is CC(=O)Nc1cccc(Oc2c(Br)cc(Br)c3cccnc23)c1N. The molecule has 5 nitrogen and oxygen atoms in total. The summed E-state index contributed by atoms with van der Waals surface area (Å²) in [6.07, 6.45) is 1.70. The minimum atomic E-state index is -0.198. The average Bonchev–Trinajstić information content (AvgIpc) is 2.54. The van der Waals surface area contributed by atoms with E-state index in [4.69, 9.17) is 10.5 Å². The molecule has 0 aliphatic heterocycles. The molecule has 122 valence electrons. The lowest BCUT2D eigenvalue weighted by molar-refractivity contribution is -0.114. The third-order valence-electron chi connectivity index (χ3n) is 3.34. The number of nitrogens with one attached hydrogen (secondary N) is 1. The van der Waals surface area contributed by atoms with Crippen LogP contribution in [-0.2, 0) is 4.79 Å². The van der Waals surface area contributed by atoms with Crippen molar-refractivity contribution in [2.75, 3.05) is 11.1 Å². The number of hydrogen-bond acceptors (Lipinski definition) is 4. The molecule has 3 aromatic rings. The van der Waals surface area contributed by atoms with Gasteiger partial charge in [0.15, 0.2) is 11.5 Å². The van der Waals surface area contributed by atoms with Gasteiger partial charge in [0.25, 0.3) is 0 Å². The van der Waals surface area contributed by atoms with E-state index in [9.17, 15) is 4.79 Å². The Morgan fingerprint density at radius 3 is 2.75 bits per heavy atom. The molecular formula is C17H13Br2N3O2. The number of benzene rings is 2. The summed E-state index contributed by atoms with van der Waals surface area (Å²) in [6, 6.07) is 10.9. The fourth-order valence-electron chi connectivity index (χ4n) is 2.29. The summed E-state index contributed by atoms with van der Waals surface area (Å²) in [5, 5.41) is 3.60. The maximum atomic E-state index is 11.3. The Bertz CT molecular complexity index is 945. The number of hydrogen-bond donors (Lipinski definition) is 2. The van der Waals surface area contributed by atoms with Crippen molar-refractivity contribution < 1.29 is 9.53 Å². The number of para-hydroxylation sites is 1. The van der Waals surface area contributed by atoms with E-state index in [-0.39, 0.29) is 5.91 Å². The molecule has 1 aromatic heterocycles. The zero-order valence-electron chi connectivity index (χ0n) is 12.6. The minimum absolute atomic E-state index is 0.198. The third-order valence-corrected chi connectivity index (χ3v) is 4.58. The van der Waals surface area contributed by atoms with E-state index in [0.29, 0.717) is 28.4 Å². The van der Waals surface area contributed by atoms with E-state index in [1.807, 2.05) is 18.2 Å². The molecule has 0 aliphatic rings. The quantitative estimate of drug-likeness (QED) is 0.544. The fourth-order valence-corrected chi connectivity index (χ4v) is 3.64. The first-order chi connectivity index (χ1) is 11.5. The van der Waals surface area contributed by atoms with Crippen molar-refractivity contribution in [3.05, 3.63) is 51.5 Å². The highest BCUT2D eigenvalue weighted by molar-refractivity contribution is 9.11. The van der Waals surface area contributed by atoms with Crippen molar-refractivity contribution in [3.63, 3.8) is 0 Å². The monoisotopic (exact) mass is 449 g/mol. The number of amides is 1. The first-order valence-corrected chi connectivity index (χ1v) is 8.62. The lowest BCUT2D eigenvalue weighted by atomic mass is 10.2. The zero-order valence-corrected chi connectivity index (χ0v) is 15.8. The summed E-state index contributed by atoms with van der Waals surface area (Å²) >= 11 is 7.03. The second-order valence-electron chi connectivity index (χ2n) is 5.07. The molecule has 0 bridgehead atoms. The second kappa shape index (κ2) is 6.78. The van der Waals surface area contributed by atoms with Gasteiger partial charge in [-0.3, -0.25) is 9.78 Å². The van der Waals surface area contributed by atoms with Crippen LogP contribution in [0.15, 0.2) is 51.5 Å². The topological polar surface area (TPSA) is 77.2 Å². The molecule has 0 radical (unpaired) electrons. The number of nitrogens with two attached hydrogens (primary N) is 1. The van der Waals surface area contributed by atoms with Crippen LogP contribution in [0, 0.1) is 0 Å². The number of carbonyl (C=O) groups is 1. The third kappa shape index (κ3) is 3.22. The van der Waals surface area contributed by atoms with Crippen LogP contribution in [0.5, 0.6) is 11.5 Å². The zero-order chi connectivity index (χ0) is 17.3. The first-order valence-electron chi connectivity index (χ1n) is 7.04. The van der Waals surface area contributed by atoms with Crippen molar-refractivity contribution in [2.45, 2.75) is 6.92 Å². The van der Waals surface area contributed by atoms with Gasteiger partial charge in [0, 0.05) is 23.0 Å². The number of pyridine rings is 1. The van der Waals surface area contributed by atoms with Crippen molar-refractivity contribution in [3.8, 4) is 11.5 Å². The first kappa shape index (κ1) is 16.7. The van der Waals surface area contributed by atoms with Gasteiger partial charge in [-0.1, -0.05) is 28.1 Å². The van der Waals surface area contributed by atoms with Crippen LogP contribution in [0.25, 0.3) is 10.9 Å². The van der Waals surface area contributed by atoms with Crippen LogP contribution in [-0.4, -0.2) is 10.9 Å². The summed E-state index contributed by atoms with van der Waals surface area (Å²) in [7, 11) is 0. The van der Waals surface area contributed by atoms with E-state index in [2.05, 4.69) is 42.2 Å². The highest BCUT2D eigenvalue weighted by Gasteiger charge is 2.15. The van der Waals surface area contributed by atoms with Gasteiger partial charge in [0.1, 0.15) is 5.52 Å². The van der Waals surface area contributed by atoms with E-state index in [1.54, 1.807) is 24.4 Å². The number of anilines is 2. The molecular weight excluding hydrogens is 438 g/mol. The molecule has 0 unspecified atom stereocenters. The minimum Gasteiger partial charge on any atom is -0.452 e. The molecule has 0 saturated heterocycles. The van der Waals surface area contributed by atoms with Gasteiger partial charge in [-0.2, -0.15) is 0 Å². The molecule has 24 heavy (non-hydrogen) atoms. The molecule has 0 spiro atoms. The maximum absolute atomic E-state index is 11.3. The standard InChI is InChI=1S/C17H13Br2N3O2/c1-9(23)22-13-5-2-6-14(15(13)20)24-17-12(19)8-11(18)10-4-3-7-21-16(10)17/h2-8H,20H2,1H3,(H,22,23). The van der Waals surface area contributed by atoms with Crippen LogP contribution >= 0.6 is 31.9 Å². The molecule has 1 amide bonds. The highest BCUT2D eigenvalue weighted by Crippen LogP contribution is 2.41. The normalized spacial score (nSPS) is 10.6. The Kier molecular flexibility index (Phi) is 4.73. The van der Waals surface area contributed by atoms with Gasteiger partial charge in [-0.15, -0.1) is 0 Å². The van der Waals surface area contributed by atoms with Gasteiger partial charge in [-0.05, 0) is 40.2 Å². The predicted molar refractivity (Wildman–Crippen MR) is 102 cm³/mol. The van der Waals surface area contributed by atoms with Crippen LogP contribution in [0.1, 0.15) is 6.92 Å². The van der Waals surface area contributed by atoms with Crippen LogP contribution in [0.3, 0.4) is 0 Å². The number of fused-ring (bicyclic) bond motifs is 1. The Hall–Kier alpha value is -2.12. The molecule has 0 saturated carbocycles. The molecule has 3 N–H and O–H groups in total. The van der Waals surface area contributed by atoms with Crippen molar-refractivity contribution in [2.24, 2.45) is 0 Å². The number of nitrogens with zero attached hydrogens (tertiary/aromatic N) is 1. The van der Waals surface area contributed by atoms with Gasteiger partial charge >= 0.3 is 0 Å². The van der Waals surface area contributed by atoms with Crippen molar-refractivity contribution in [1.29, 1.82) is 0 Å². The van der Waals surface area contributed by atoms with Crippen LogP contribution in [0.4, 0.5) is 11.4 Å². The number of rotatable bonds is 3. The number of nitrogen functional groups attached to an aromatic ring is 1. The number of carbonyl (C=O) groups excluding carboxylic acids is 1. The van der Waals surface area contributed by atoms with E-state index >= 15 is 0 Å². The summed E-state index contributed by atoms with van der Waals surface area (Å²) in [5.41, 5.74) is 7.67. The molecule has 2 aromatic carbocycles. The molecule has 7 heteroatoms. The summed E-state index contributed by atoms with van der Waals surface area (Å²) in [4.78, 5) is 15.7. The summed E-state index contributed by atoms with van der Waals surface area (Å²) in [5.74, 6) is 0.799. The van der Waals surface area contributed by atoms with Crippen LogP contribution in [0.2, 0.25) is 0 Å². The molecule has 1 heterocycles. The van der Waals surface area contributed by atoms with E-state index in [1.165, 1.54) is 6.92 Å². The molecule has 0 fully saturated rings. The number of ether oxygens (including phenoxy) is 1. The highest BCUT2D eigenvalue weighted by atomic mass is 79.9.